The van der Waals surface area contributed by atoms with E-state index in [9.17, 15) is 4.79 Å². The zero-order valence-electron chi connectivity index (χ0n) is 9.62. The van der Waals surface area contributed by atoms with Crippen LogP contribution in [0.25, 0.3) is 0 Å². The Bertz CT molecular complexity index is 362. The minimum atomic E-state index is -0.100. The van der Waals surface area contributed by atoms with Crippen molar-refractivity contribution in [2.75, 3.05) is 18.5 Å². The van der Waals surface area contributed by atoms with Crippen LogP contribution in [0.3, 0.4) is 0 Å². The van der Waals surface area contributed by atoms with Crippen molar-refractivity contribution in [2.45, 2.75) is 6.42 Å². The van der Waals surface area contributed by atoms with Gasteiger partial charge in [-0.3, -0.25) is 4.79 Å². The third kappa shape index (κ3) is 5.04. The minimum absolute atomic E-state index is 0.100. The van der Waals surface area contributed by atoms with Crippen molar-refractivity contribution >= 4 is 21.8 Å². The molecule has 92 valence electrons. The quantitative estimate of drug-likeness (QED) is 0.477. The zero-order valence-corrected chi connectivity index (χ0v) is 11.2. The Morgan fingerprint density at radius 2 is 2.12 bits per heavy atom. The van der Waals surface area contributed by atoms with Gasteiger partial charge < -0.3 is 10.1 Å². The lowest BCUT2D eigenvalue weighted by atomic mass is 10.2. The topological polar surface area (TPSA) is 38.3 Å². The standard InChI is InChI=1S/C13H16BrNO2/c1-2-9-15-13(16)11-4-6-12(7-5-11)17-10-3-8-14/h2,4-7H,1,3,8-10H2,(H,15,16). The molecule has 1 aromatic rings. The molecule has 0 unspecified atom stereocenters. The number of hydrogen-bond donors (Lipinski definition) is 1. The summed E-state index contributed by atoms with van der Waals surface area (Å²) in [6.07, 6.45) is 2.61. The monoisotopic (exact) mass is 297 g/mol. The SMILES string of the molecule is C=CCNC(=O)c1ccc(OCCCBr)cc1. The summed E-state index contributed by atoms with van der Waals surface area (Å²) in [7, 11) is 0. The minimum Gasteiger partial charge on any atom is -0.494 e. The van der Waals surface area contributed by atoms with Crippen molar-refractivity contribution in [1.29, 1.82) is 0 Å². The van der Waals surface area contributed by atoms with E-state index in [0.29, 0.717) is 18.7 Å². The first-order valence-electron chi connectivity index (χ1n) is 5.46. The van der Waals surface area contributed by atoms with Crippen molar-refractivity contribution in [2.24, 2.45) is 0 Å². The molecule has 0 spiro atoms. The number of benzene rings is 1. The molecule has 0 aliphatic rings. The van der Waals surface area contributed by atoms with Gasteiger partial charge >= 0.3 is 0 Å². The van der Waals surface area contributed by atoms with Crippen molar-refractivity contribution < 1.29 is 9.53 Å². The van der Waals surface area contributed by atoms with Gasteiger partial charge in [-0.15, -0.1) is 6.58 Å². The molecule has 0 atom stereocenters. The highest BCUT2D eigenvalue weighted by atomic mass is 79.9. The lowest BCUT2D eigenvalue weighted by molar-refractivity contribution is 0.0958. The first-order chi connectivity index (χ1) is 8.27. The number of rotatable bonds is 7. The van der Waals surface area contributed by atoms with Gasteiger partial charge in [-0.25, -0.2) is 0 Å². The Morgan fingerprint density at radius 3 is 2.71 bits per heavy atom. The maximum atomic E-state index is 11.6. The zero-order chi connectivity index (χ0) is 12.5. The van der Waals surface area contributed by atoms with Crippen molar-refractivity contribution in [3.05, 3.63) is 42.5 Å². The van der Waals surface area contributed by atoms with E-state index in [-0.39, 0.29) is 5.91 Å². The Labute approximate surface area is 110 Å². The number of hydrogen-bond acceptors (Lipinski definition) is 2. The molecule has 3 nitrogen and oxygen atoms in total. The molecule has 4 heteroatoms. The van der Waals surface area contributed by atoms with Crippen LogP contribution in [0.2, 0.25) is 0 Å². The fourth-order valence-corrected chi connectivity index (χ4v) is 1.44. The molecule has 17 heavy (non-hydrogen) atoms. The molecule has 0 saturated heterocycles. The van der Waals surface area contributed by atoms with E-state index in [0.717, 1.165) is 17.5 Å². The largest absolute Gasteiger partial charge is 0.494 e. The first-order valence-corrected chi connectivity index (χ1v) is 6.58. The summed E-state index contributed by atoms with van der Waals surface area (Å²) >= 11 is 3.34. The summed E-state index contributed by atoms with van der Waals surface area (Å²) in [5.74, 6) is 0.683. The fourth-order valence-electron chi connectivity index (χ4n) is 1.21. The number of carbonyl (C=O) groups excluding carboxylic acids is 1. The molecule has 0 aliphatic carbocycles. The first kappa shape index (κ1) is 13.8. The maximum absolute atomic E-state index is 11.6. The van der Waals surface area contributed by atoms with Crippen LogP contribution in [0.4, 0.5) is 0 Å². The van der Waals surface area contributed by atoms with E-state index in [1.807, 2.05) is 0 Å². The van der Waals surface area contributed by atoms with Gasteiger partial charge in [0.2, 0.25) is 0 Å². The molecule has 0 saturated carbocycles. The number of ether oxygens (including phenoxy) is 1. The van der Waals surface area contributed by atoms with Crippen LogP contribution in [0, 0.1) is 0 Å². The summed E-state index contributed by atoms with van der Waals surface area (Å²) in [5, 5.41) is 3.64. The van der Waals surface area contributed by atoms with Crippen LogP contribution in [-0.2, 0) is 0 Å². The lowest BCUT2D eigenvalue weighted by Gasteiger charge is -2.06. The summed E-state index contributed by atoms with van der Waals surface area (Å²) in [5.41, 5.74) is 0.625. The highest BCUT2D eigenvalue weighted by Crippen LogP contribution is 2.12. The molecule has 0 aliphatic heterocycles. The molecule has 0 bridgehead atoms. The van der Waals surface area contributed by atoms with Crippen LogP contribution in [0.5, 0.6) is 5.75 Å². The third-order valence-corrected chi connectivity index (χ3v) is 2.63. The number of nitrogens with one attached hydrogen (secondary N) is 1. The van der Waals surface area contributed by atoms with Gasteiger partial charge in [0.05, 0.1) is 6.61 Å². The number of amides is 1. The van der Waals surface area contributed by atoms with Gasteiger partial charge in [0.1, 0.15) is 5.75 Å². The van der Waals surface area contributed by atoms with E-state index < -0.39 is 0 Å². The third-order valence-electron chi connectivity index (χ3n) is 2.07. The molecule has 1 amide bonds. The van der Waals surface area contributed by atoms with Crippen LogP contribution < -0.4 is 10.1 Å². The number of halogens is 1. The maximum Gasteiger partial charge on any atom is 0.251 e. The van der Waals surface area contributed by atoms with Gasteiger partial charge in [0, 0.05) is 17.4 Å². The van der Waals surface area contributed by atoms with Crippen molar-refractivity contribution in [3.63, 3.8) is 0 Å². The lowest BCUT2D eigenvalue weighted by Crippen LogP contribution is -2.22. The van der Waals surface area contributed by atoms with E-state index >= 15 is 0 Å². The van der Waals surface area contributed by atoms with E-state index in [1.165, 1.54) is 0 Å². The Hall–Kier alpha value is -1.29. The Balaban J connectivity index is 2.49. The van der Waals surface area contributed by atoms with E-state index in [4.69, 9.17) is 4.74 Å². The molecule has 1 N–H and O–H groups in total. The molecular weight excluding hydrogens is 282 g/mol. The predicted octanol–water partition coefficient (Wildman–Crippen LogP) is 2.77. The van der Waals surface area contributed by atoms with Crippen LogP contribution >= 0.6 is 15.9 Å². The predicted molar refractivity (Wildman–Crippen MR) is 72.9 cm³/mol. The molecule has 0 fully saturated rings. The van der Waals surface area contributed by atoms with E-state index in [1.54, 1.807) is 30.3 Å². The summed E-state index contributed by atoms with van der Waals surface area (Å²) in [4.78, 5) is 11.6. The van der Waals surface area contributed by atoms with Gasteiger partial charge in [0.15, 0.2) is 0 Å². The van der Waals surface area contributed by atoms with Crippen molar-refractivity contribution in [3.8, 4) is 5.75 Å². The summed E-state index contributed by atoms with van der Waals surface area (Å²) < 4.78 is 5.48. The smallest absolute Gasteiger partial charge is 0.251 e. The second kappa shape index (κ2) is 7.90. The van der Waals surface area contributed by atoms with Gasteiger partial charge in [-0.05, 0) is 30.7 Å². The molecule has 1 aromatic carbocycles. The van der Waals surface area contributed by atoms with Gasteiger partial charge in [-0.2, -0.15) is 0 Å². The number of alkyl halides is 1. The average molecular weight is 298 g/mol. The number of carbonyl (C=O) groups is 1. The van der Waals surface area contributed by atoms with Crippen LogP contribution in [0.1, 0.15) is 16.8 Å². The highest BCUT2D eigenvalue weighted by Gasteiger charge is 2.03. The van der Waals surface area contributed by atoms with E-state index in [2.05, 4.69) is 27.8 Å². The molecule has 1 rings (SSSR count). The molecule has 0 radical (unpaired) electrons. The Morgan fingerprint density at radius 1 is 1.41 bits per heavy atom. The molecule has 0 heterocycles. The van der Waals surface area contributed by atoms with Gasteiger partial charge in [0.25, 0.3) is 5.91 Å². The normalized spacial score (nSPS) is 9.71. The highest BCUT2D eigenvalue weighted by molar-refractivity contribution is 9.09. The summed E-state index contributed by atoms with van der Waals surface area (Å²) in [6, 6.07) is 7.11. The van der Waals surface area contributed by atoms with Crippen LogP contribution in [0.15, 0.2) is 36.9 Å². The Kier molecular flexibility index (Phi) is 6.40. The second-order valence-corrected chi connectivity index (χ2v) is 4.21. The fraction of sp³-hybridized carbons (Fsp3) is 0.308. The molecule has 0 aromatic heterocycles. The molecular formula is C13H16BrNO2. The second-order valence-electron chi connectivity index (χ2n) is 3.41. The average Bonchev–Trinajstić information content (AvgIpc) is 2.37. The van der Waals surface area contributed by atoms with Gasteiger partial charge in [-0.1, -0.05) is 22.0 Å². The summed E-state index contributed by atoms with van der Waals surface area (Å²) in [6.45, 7) is 4.69. The van der Waals surface area contributed by atoms with Crippen molar-refractivity contribution in [1.82, 2.24) is 5.32 Å². The van der Waals surface area contributed by atoms with Crippen LogP contribution in [-0.4, -0.2) is 24.4 Å².